The van der Waals surface area contributed by atoms with Gasteiger partial charge in [-0.25, -0.2) is 9.59 Å². The number of carbonyl (C=O) groups is 2. The molecule has 0 saturated carbocycles. The average Bonchev–Trinajstić information content (AvgIpc) is 2.58. The molecule has 1 unspecified atom stereocenters. The van der Waals surface area contributed by atoms with Gasteiger partial charge in [0, 0.05) is 12.5 Å². The number of nitrogens with zero attached hydrogens (tertiary/aromatic N) is 1. The van der Waals surface area contributed by atoms with Gasteiger partial charge in [-0.2, -0.15) is 13.2 Å². The van der Waals surface area contributed by atoms with Crippen molar-refractivity contribution in [2.75, 3.05) is 13.7 Å². The average molecular weight is 387 g/mol. The zero-order valence-electron chi connectivity index (χ0n) is 15.8. The summed E-state index contributed by atoms with van der Waals surface area (Å²) >= 11 is 0. The largest absolute Gasteiger partial charge is 0.467 e. The normalized spacial score (nSPS) is 20.9. The topological polar surface area (TPSA) is 55.8 Å². The second-order valence-corrected chi connectivity index (χ2v) is 7.57. The number of amides is 1. The molecule has 1 fully saturated rings. The Morgan fingerprint density at radius 1 is 1.07 bits per heavy atom. The van der Waals surface area contributed by atoms with Crippen LogP contribution in [-0.2, 0) is 20.4 Å². The highest BCUT2D eigenvalue weighted by Crippen LogP contribution is 2.34. The number of carbonyl (C=O) groups excluding carboxylic acids is 2. The second-order valence-electron chi connectivity index (χ2n) is 7.57. The number of likely N-dealkylation sites (tertiary alicyclic amines) is 1. The minimum absolute atomic E-state index is 0.167. The highest BCUT2D eigenvalue weighted by atomic mass is 19.4. The molecule has 8 heteroatoms. The van der Waals surface area contributed by atoms with Gasteiger partial charge in [0.05, 0.1) is 12.7 Å². The predicted molar refractivity (Wildman–Crippen MR) is 92.2 cm³/mol. The molecule has 0 aliphatic carbocycles. The summed E-state index contributed by atoms with van der Waals surface area (Å²) in [5.74, 6) is -0.729. The van der Waals surface area contributed by atoms with Crippen LogP contribution in [0.15, 0.2) is 24.3 Å². The van der Waals surface area contributed by atoms with E-state index in [1.807, 2.05) is 0 Å². The number of rotatable bonds is 2. The van der Waals surface area contributed by atoms with Gasteiger partial charge < -0.3 is 9.47 Å². The molecule has 1 heterocycles. The first-order valence-electron chi connectivity index (χ1n) is 8.67. The van der Waals surface area contributed by atoms with Crippen LogP contribution in [0.25, 0.3) is 0 Å². The van der Waals surface area contributed by atoms with Gasteiger partial charge in [-0.05, 0) is 51.3 Å². The molecule has 1 aromatic rings. The van der Waals surface area contributed by atoms with Crippen LogP contribution in [0.5, 0.6) is 0 Å². The Kier molecular flexibility index (Phi) is 6.07. The lowest BCUT2D eigenvalue weighted by atomic mass is 9.87. The molecule has 0 aromatic heterocycles. The van der Waals surface area contributed by atoms with E-state index in [1.165, 1.54) is 24.1 Å². The molecule has 1 saturated heterocycles. The van der Waals surface area contributed by atoms with Crippen LogP contribution in [0, 0.1) is 0 Å². The first-order valence-corrected chi connectivity index (χ1v) is 8.67. The maximum atomic E-state index is 12.7. The maximum absolute atomic E-state index is 12.7. The van der Waals surface area contributed by atoms with Crippen LogP contribution in [0.1, 0.15) is 50.7 Å². The van der Waals surface area contributed by atoms with Crippen LogP contribution >= 0.6 is 0 Å². The lowest BCUT2D eigenvalue weighted by Crippen LogP contribution is -2.51. The predicted octanol–water partition coefficient (Wildman–Crippen LogP) is 4.36. The highest BCUT2D eigenvalue weighted by molar-refractivity contribution is 5.81. The van der Waals surface area contributed by atoms with Crippen molar-refractivity contribution in [3.05, 3.63) is 35.4 Å². The minimum atomic E-state index is -4.40. The quantitative estimate of drug-likeness (QED) is 0.708. The minimum Gasteiger partial charge on any atom is -0.467 e. The molecule has 150 valence electrons. The lowest BCUT2D eigenvalue weighted by Gasteiger charge is -2.38. The second kappa shape index (κ2) is 7.78. The van der Waals surface area contributed by atoms with Crippen LogP contribution in [0.3, 0.4) is 0 Å². The van der Waals surface area contributed by atoms with Gasteiger partial charge in [-0.3, -0.25) is 4.90 Å². The zero-order chi connectivity index (χ0) is 20.4. The standard InChI is InChI=1S/C19H24F3NO4/c1-18(2,3)27-17(25)23-11-13(7-10-15(23)16(24)26-4)12-5-8-14(9-6-12)19(20,21)22/h5-6,8-9,13,15H,7,10-11H2,1-4H3/t13?,15-/m0/s1. The van der Waals surface area contributed by atoms with Crippen LogP contribution in [0.4, 0.5) is 18.0 Å². The van der Waals surface area contributed by atoms with Crippen molar-refractivity contribution in [3.8, 4) is 0 Å². The Morgan fingerprint density at radius 2 is 1.67 bits per heavy atom. The Hall–Kier alpha value is -2.25. The van der Waals surface area contributed by atoms with E-state index in [-0.39, 0.29) is 12.5 Å². The monoisotopic (exact) mass is 387 g/mol. The summed E-state index contributed by atoms with van der Waals surface area (Å²) in [6, 6.07) is 4.12. The van der Waals surface area contributed by atoms with E-state index in [0.717, 1.165) is 12.1 Å². The van der Waals surface area contributed by atoms with Gasteiger partial charge in [-0.15, -0.1) is 0 Å². The van der Waals surface area contributed by atoms with Gasteiger partial charge in [0.15, 0.2) is 0 Å². The third-order valence-electron chi connectivity index (χ3n) is 4.39. The number of hydrogen-bond acceptors (Lipinski definition) is 4. The fraction of sp³-hybridized carbons (Fsp3) is 0.579. The molecule has 0 spiro atoms. The van der Waals surface area contributed by atoms with Crippen molar-refractivity contribution >= 4 is 12.1 Å². The fourth-order valence-corrected chi connectivity index (χ4v) is 3.09. The first-order chi connectivity index (χ1) is 12.4. The van der Waals surface area contributed by atoms with Crippen molar-refractivity contribution < 1.29 is 32.2 Å². The van der Waals surface area contributed by atoms with E-state index in [2.05, 4.69) is 0 Å². The first kappa shape index (κ1) is 21.1. The number of methoxy groups -OCH3 is 1. The third kappa shape index (κ3) is 5.37. The molecule has 2 atom stereocenters. The van der Waals surface area contributed by atoms with Gasteiger partial charge in [0.25, 0.3) is 0 Å². The number of halogens is 3. The highest BCUT2D eigenvalue weighted by Gasteiger charge is 2.39. The SMILES string of the molecule is COC(=O)[C@@H]1CCC(c2ccc(C(F)(F)F)cc2)CN1C(=O)OC(C)(C)C. The Labute approximate surface area is 156 Å². The van der Waals surface area contributed by atoms with Gasteiger partial charge in [0.2, 0.25) is 0 Å². The van der Waals surface area contributed by atoms with Gasteiger partial charge in [-0.1, -0.05) is 12.1 Å². The van der Waals surface area contributed by atoms with Crippen LogP contribution in [0.2, 0.25) is 0 Å². The van der Waals surface area contributed by atoms with Crippen molar-refractivity contribution in [3.63, 3.8) is 0 Å². The summed E-state index contributed by atoms with van der Waals surface area (Å²) in [6.07, 6.45) is -4.15. The summed E-state index contributed by atoms with van der Waals surface area (Å²) in [5.41, 5.74) is -0.780. The van der Waals surface area contributed by atoms with E-state index >= 15 is 0 Å². The summed E-state index contributed by atoms with van der Waals surface area (Å²) < 4.78 is 48.4. The van der Waals surface area contributed by atoms with E-state index in [1.54, 1.807) is 20.8 Å². The molecule has 1 aromatic carbocycles. The molecule has 5 nitrogen and oxygen atoms in total. The lowest BCUT2D eigenvalue weighted by molar-refractivity contribution is -0.148. The molecule has 2 rings (SSSR count). The Balaban J connectivity index is 2.22. The molecule has 1 aliphatic rings. The van der Waals surface area contributed by atoms with Crippen molar-refractivity contribution in [2.45, 2.75) is 57.3 Å². The Morgan fingerprint density at radius 3 is 2.15 bits per heavy atom. The van der Waals surface area contributed by atoms with Crippen molar-refractivity contribution in [2.24, 2.45) is 0 Å². The summed E-state index contributed by atoms with van der Waals surface area (Å²) in [4.78, 5) is 25.9. The smallest absolute Gasteiger partial charge is 0.416 e. The van der Waals surface area contributed by atoms with Gasteiger partial charge in [0.1, 0.15) is 11.6 Å². The molecular formula is C19H24F3NO4. The van der Waals surface area contributed by atoms with Gasteiger partial charge >= 0.3 is 18.2 Å². The summed E-state index contributed by atoms with van der Waals surface area (Å²) in [5, 5.41) is 0. The zero-order valence-corrected chi connectivity index (χ0v) is 15.8. The summed E-state index contributed by atoms with van der Waals surface area (Å²) in [6.45, 7) is 5.32. The number of piperidine rings is 1. The number of benzene rings is 1. The van der Waals surface area contributed by atoms with E-state index in [0.29, 0.717) is 18.4 Å². The van der Waals surface area contributed by atoms with E-state index in [4.69, 9.17) is 9.47 Å². The number of ether oxygens (including phenoxy) is 2. The molecule has 27 heavy (non-hydrogen) atoms. The van der Waals surface area contributed by atoms with Crippen molar-refractivity contribution in [1.29, 1.82) is 0 Å². The van der Waals surface area contributed by atoms with Crippen molar-refractivity contribution in [1.82, 2.24) is 4.90 Å². The molecule has 0 bridgehead atoms. The fourth-order valence-electron chi connectivity index (χ4n) is 3.09. The summed E-state index contributed by atoms with van der Waals surface area (Å²) in [7, 11) is 1.25. The number of esters is 1. The molecule has 0 radical (unpaired) electrons. The van der Waals surface area contributed by atoms with Crippen LogP contribution in [-0.4, -0.2) is 42.3 Å². The maximum Gasteiger partial charge on any atom is 0.416 e. The van der Waals surface area contributed by atoms with Crippen LogP contribution < -0.4 is 0 Å². The Bertz CT molecular complexity index is 680. The molecule has 0 N–H and O–H groups in total. The number of hydrogen-bond donors (Lipinski definition) is 0. The molecule has 1 amide bonds. The molecule has 1 aliphatic heterocycles. The van der Waals surface area contributed by atoms with E-state index < -0.39 is 35.4 Å². The molecular weight excluding hydrogens is 363 g/mol. The third-order valence-corrected chi connectivity index (χ3v) is 4.39. The number of alkyl halides is 3. The van der Waals surface area contributed by atoms with E-state index in [9.17, 15) is 22.8 Å².